The molecule has 0 aliphatic heterocycles. The third-order valence-corrected chi connectivity index (χ3v) is 8.22. The van der Waals surface area contributed by atoms with Crippen molar-refractivity contribution in [3.05, 3.63) is 24.3 Å². The number of allylic oxidation sites excluding steroid dienone is 4. The molecule has 1 atom stereocenters. The quantitative estimate of drug-likeness (QED) is 0.0440. The smallest absolute Gasteiger partial charge is 0.306 e. The Morgan fingerprint density at radius 1 is 0.500 bits per heavy atom. The van der Waals surface area contributed by atoms with Crippen molar-refractivity contribution in [1.29, 1.82) is 0 Å². The van der Waals surface area contributed by atoms with E-state index >= 15 is 0 Å². The SMILES string of the molecule is CCCCCCCCC/C=C\CCCCCCC(=O)O[C@@H](CO)COC(=O)CCCCCC/C=C/CCCCCCCCC. The van der Waals surface area contributed by atoms with E-state index in [9.17, 15) is 14.7 Å². The van der Waals surface area contributed by atoms with E-state index in [1.807, 2.05) is 0 Å². The molecule has 0 aliphatic carbocycles. The van der Waals surface area contributed by atoms with E-state index in [0.29, 0.717) is 12.8 Å². The number of carbonyl (C=O) groups excluding carboxylic acids is 2. The van der Waals surface area contributed by atoms with E-state index < -0.39 is 6.10 Å². The Labute approximate surface area is 273 Å². The number of rotatable bonds is 34. The first kappa shape index (κ1) is 42.4. The van der Waals surface area contributed by atoms with Crippen LogP contribution in [-0.4, -0.2) is 36.4 Å². The molecule has 0 saturated carbocycles. The van der Waals surface area contributed by atoms with E-state index in [-0.39, 0.29) is 25.2 Å². The van der Waals surface area contributed by atoms with Crippen LogP contribution in [0.25, 0.3) is 0 Å². The maximum absolute atomic E-state index is 12.1. The van der Waals surface area contributed by atoms with E-state index in [4.69, 9.17) is 9.47 Å². The number of carbonyl (C=O) groups is 2. The van der Waals surface area contributed by atoms with Crippen molar-refractivity contribution in [3.63, 3.8) is 0 Å². The molecule has 0 amide bonds. The summed E-state index contributed by atoms with van der Waals surface area (Å²) in [5.41, 5.74) is 0. The summed E-state index contributed by atoms with van der Waals surface area (Å²) in [5.74, 6) is -0.614. The molecule has 0 aromatic rings. The molecule has 258 valence electrons. The van der Waals surface area contributed by atoms with Gasteiger partial charge in [0.25, 0.3) is 0 Å². The van der Waals surface area contributed by atoms with Crippen LogP contribution in [0.1, 0.15) is 194 Å². The van der Waals surface area contributed by atoms with Crippen LogP contribution < -0.4 is 0 Å². The summed E-state index contributed by atoms with van der Waals surface area (Å²) in [7, 11) is 0. The van der Waals surface area contributed by atoms with Crippen LogP contribution >= 0.6 is 0 Å². The van der Waals surface area contributed by atoms with Gasteiger partial charge in [0, 0.05) is 12.8 Å². The second-order valence-electron chi connectivity index (χ2n) is 12.6. The maximum Gasteiger partial charge on any atom is 0.306 e. The van der Waals surface area contributed by atoms with Crippen LogP contribution in [0, 0.1) is 0 Å². The highest BCUT2D eigenvalue weighted by atomic mass is 16.6. The Bertz CT molecular complexity index is 671. The number of unbranched alkanes of at least 4 members (excludes halogenated alkanes) is 22. The summed E-state index contributed by atoms with van der Waals surface area (Å²) in [4.78, 5) is 24.2. The molecule has 0 spiro atoms. The molecule has 0 fully saturated rings. The van der Waals surface area contributed by atoms with Gasteiger partial charge in [-0.05, 0) is 64.2 Å². The highest BCUT2D eigenvalue weighted by Crippen LogP contribution is 2.12. The van der Waals surface area contributed by atoms with Crippen molar-refractivity contribution in [3.8, 4) is 0 Å². The Morgan fingerprint density at radius 3 is 1.23 bits per heavy atom. The zero-order valence-electron chi connectivity index (χ0n) is 29.2. The lowest BCUT2D eigenvalue weighted by Gasteiger charge is -2.15. The molecule has 0 bridgehead atoms. The van der Waals surface area contributed by atoms with Crippen LogP contribution in [0.4, 0.5) is 0 Å². The molecular formula is C39H72O5. The first-order valence-electron chi connectivity index (χ1n) is 18.9. The van der Waals surface area contributed by atoms with Crippen LogP contribution in [-0.2, 0) is 19.1 Å². The van der Waals surface area contributed by atoms with Crippen LogP contribution in [0.2, 0.25) is 0 Å². The molecule has 0 aliphatic rings. The molecule has 0 unspecified atom stereocenters. The van der Waals surface area contributed by atoms with Gasteiger partial charge in [0.1, 0.15) is 6.61 Å². The fraction of sp³-hybridized carbons (Fsp3) is 0.846. The highest BCUT2D eigenvalue weighted by Gasteiger charge is 2.16. The summed E-state index contributed by atoms with van der Waals surface area (Å²) >= 11 is 0. The van der Waals surface area contributed by atoms with Gasteiger partial charge in [-0.2, -0.15) is 0 Å². The molecule has 0 aromatic heterocycles. The van der Waals surface area contributed by atoms with E-state index in [1.165, 1.54) is 103 Å². The standard InChI is InChI=1S/C39H72O5/c1-3-5-7-9-11-13-15-17-19-21-23-25-27-29-31-33-38(41)43-36-37(35-40)44-39(42)34-32-30-28-26-24-22-20-18-16-14-12-10-8-6-4-2/h19-22,37,40H,3-18,23-36H2,1-2H3/b21-19+,22-20-/t37-/m0/s1. The monoisotopic (exact) mass is 621 g/mol. The second kappa shape index (κ2) is 35.9. The number of hydrogen-bond donors (Lipinski definition) is 1. The number of aliphatic hydroxyl groups excluding tert-OH is 1. The van der Waals surface area contributed by atoms with Gasteiger partial charge in [0.05, 0.1) is 6.61 Å². The van der Waals surface area contributed by atoms with Crippen molar-refractivity contribution in [1.82, 2.24) is 0 Å². The fourth-order valence-corrected chi connectivity index (χ4v) is 5.31. The van der Waals surface area contributed by atoms with Gasteiger partial charge in [0.2, 0.25) is 0 Å². The predicted octanol–water partition coefficient (Wildman–Crippen LogP) is 11.5. The Balaban J connectivity index is 3.59. The van der Waals surface area contributed by atoms with Gasteiger partial charge in [-0.1, -0.05) is 141 Å². The van der Waals surface area contributed by atoms with Crippen molar-refractivity contribution in [2.45, 2.75) is 200 Å². The van der Waals surface area contributed by atoms with Gasteiger partial charge in [0.15, 0.2) is 6.10 Å². The third-order valence-electron chi connectivity index (χ3n) is 8.22. The fourth-order valence-electron chi connectivity index (χ4n) is 5.31. The number of aliphatic hydroxyl groups is 1. The zero-order valence-corrected chi connectivity index (χ0v) is 29.2. The van der Waals surface area contributed by atoms with Gasteiger partial charge >= 0.3 is 11.9 Å². The minimum absolute atomic E-state index is 0.0736. The van der Waals surface area contributed by atoms with Crippen molar-refractivity contribution < 1.29 is 24.2 Å². The lowest BCUT2D eigenvalue weighted by atomic mass is 10.1. The lowest BCUT2D eigenvalue weighted by molar-refractivity contribution is -0.161. The van der Waals surface area contributed by atoms with Crippen molar-refractivity contribution in [2.75, 3.05) is 13.2 Å². The average Bonchev–Trinajstić information content (AvgIpc) is 3.02. The summed E-state index contributed by atoms with van der Waals surface area (Å²) in [6.45, 7) is 4.11. The normalized spacial score (nSPS) is 12.3. The largest absolute Gasteiger partial charge is 0.462 e. The Morgan fingerprint density at radius 2 is 0.841 bits per heavy atom. The third kappa shape index (κ3) is 33.3. The molecule has 0 aromatic carbocycles. The molecule has 0 radical (unpaired) electrons. The predicted molar refractivity (Wildman–Crippen MR) is 187 cm³/mol. The topological polar surface area (TPSA) is 72.8 Å². The second-order valence-corrected chi connectivity index (χ2v) is 12.6. The molecule has 0 saturated heterocycles. The first-order chi connectivity index (χ1) is 21.6. The van der Waals surface area contributed by atoms with Crippen LogP contribution in [0.15, 0.2) is 24.3 Å². The maximum atomic E-state index is 12.1. The summed E-state index contributed by atoms with van der Waals surface area (Å²) in [6, 6.07) is 0. The molecule has 0 rings (SSSR count). The Kier molecular flexibility index (Phi) is 34.5. The zero-order chi connectivity index (χ0) is 32.2. The van der Waals surface area contributed by atoms with Crippen LogP contribution in [0.5, 0.6) is 0 Å². The summed E-state index contributed by atoms with van der Waals surface area (Å²) in [6.07, 6.45) is 40.9. The Hall–Kier alpha value is -1.62. The average molecular weight is 621 g/mol. The molecule has 0 heterocycles. The van der Waals surface area contributed by atoms with Gasteiger partial charge < -0.3 is 14.6 Å². The van der Waals surface area contributed by atoms with E-state index in [0.717, 1.165) is 64.2 Å². The minimum Gasteiger partial charge on any atom is -0.462 e. The van der Waals surface area contributed by atoms with Crippen molar-refractivity contribution in [2.24, 2.45) is 0 Å². The highest BCUT2D eigenvalue weighted by molar-refractivity contribution is 5.70. The number of esters is 2. The molecule has 5 heteroatoms. The minimum atomic E-state index is -0.777. The van der Waals surface area contributed by atoms with Crippen molar-refractivity contribution >= 4 is 11.9 Å². The van der Waals surface area contributed by atoms with Gasteiger partial charge in [-0.25, -0.2) is 0 Å². The van der Waals surface area contributed by atoms with Crippen LogP contribution in [0.3, 0.4) is 0 Å². The summed E-state index contributed by atoms with van der Waals surface area (Å²) in [5, 5.41) is 9.53. The van der Waals surface area contributed by atoms with E-state index in [2.05, 4.69) is 38.2 Å². The van der Waals surface area contributed by atoms with Gasteiger partial charge in [-0.3, -0.25) is 9.59 Å². The molecule has 44 heavy (non-hydrogen) atoms. The van der Waals surface area contributed by atoms with Gasteiger partial charge in [-0.15, -0.1) is 0 Å². The lowest BCUT2D eigenvalue weighted by Crippen LogP contribution is -2.28. The number of hydrogen-bond acceptors (Lipinski definition) is 5. The molecular weight excluding hydrogens is 548 g/mol. The number of ether oxygens (including phenoxy) is 2. The molecule has 5 nitrogen and oxygen atoms in total. The van der Waals surface area contributed by atoms with E-state index in [1.54, 1.807) is 0 Å². The molecule has 1 N–H and O–H groups in total. The summed E-state index contributed by atoms with van der Waals surface area (Å²) < 4.78 is 10.6. The first-order valence-corrected chi connectivity index (χ1v) is 18.9.